The topological polar surface area (TPSA) is 76.6 Å². The van der Waals surface area contributed by atoms with Crippen LogP contribution in [0.25, 0.3) is 0 Å². The number of carbonyl (C=O) groups is 1. The molecule has 0 bridgehead atoms. The van der Waals surface area contributed by atoms with Gasteiger partial charge in [0.2, 0.25) is 10.0 Å². The minimum Gasteiger partial charge on any atom is -0.425 e. The molecule has 1 fully saturated rings. The molecule has 138 valence electrons. The van der Waals surface area contributed by atoms with Crippen LogP contribution < -0.4 is 4.74 Å². The molecule has 0 N–H and O–H groups in total. The van der Waals surface area contributed by atoms with Crippen molar-refractivity contribution in [2.75, 3.05) is 13.1 Å². The molecule has 1 saturated heterocycles. The van der Waals surface area contributed by atoms with E-state index in [0.29, 0.717) is 28.1 Å². The Labute approximate surface area is 165 Å². The highest BCUT2D eigenvalue weighted by Gasteiger charge is 2.33. The number of hydrogen-bond donors (Lipinski definition) is 0. The fraction of sp³-hybridized carbons (Fsp3) is 0.294. The fourth-order valence-electron chi connectivity index (χ4n) is 2.73. The van der Waals surface area contributed by atoms with Gasteiger partial charge in [0.25, 0.3) is 0 Å². The normalized spacial score (nSPS) is 16.4. The van der Waals surface area contributed by atoms with Gasteiger partial charge in [-0.15, -0.1) is 0 Å². The summed E-state index contributed by atoms with van der Waals surface area (Å²) in [6, 6.07) is 8.00. The van der Waals surface area contributed by atoms with Crippen LogP contribution in [0.4, 0.5) is 0 Å². The molecule has 0 atom stereocenters. The summed E-state index contributed by atoms with van der Waals surface area (Å²) in [5, 5.41) is 0.533. The maximum atomic E-state index is 12.6. The van der Waals surface area contributed by atoms with E-state index in [9.17, 15) is 13.2 Å². The molecule has 0 unspecified atom stereocenters. The van der Waals surface area contributed by atoms with E-state index >= 15 is 0 Å². The molecule has 9 heteroatoms. The van der Waals surface area contributed by atoms with Crippen molar-refractivity contribution in [2.45, 2.75) is 17.7 Å². The molecule has 1 aromatic carbocycles. The number of hydrogen-bond acceptors (Lipinski definition) is 5. The summed E-state index contributed by atoms with van der Waals surface area (Å²) in [4.78, 5) is 16.4. The highest BCUT2D eigenvalue weighted by Crippen LogP contribution is 2.30. The molecule has 1 aliphatic heterocycles. The molecule has 2 aromatic rings. The third-order valence-electron chi connectivity index (χ3n) is 4.16. The van der Waals surface area contributed by atoms with Crippen LogP contribution in [0.5, 0.6) is 5.75 Å². The lowest BCUT2D eigenvalue weighted by Crippen LogP contribution is -2.41. The van der Waals surface area contributed by atoms with Crippen LogP contribution in [-0.2, 0) is 14.8 Å². The summed E-state index contributed by atoms with van der Waals surface area (Å²) in [5.41, 5.74) is 0. The second-order valence-corrected chi connectivity index (χ2v) is 9.09. The van der Waals surface area contributed by atoms with Gasteiger partial charge in [-0.25, -0.2) is 8.42 Å². The molecule has 1 aliphatic rings. The van der Waals surface area contributed by atoms with E-state index in [4.69, 9.17) is 16.3 Å². The number of esters is 1. The average molecular weight is 460 g/mol. The Balaban J connectivity index is 1.62. The fourth-order valence-corrected chi connectivity index (χ4v) is 4.93. The van der Waals surface area contributed by atoms with Crippen molar-refractivity contribution in [1.82, 2.24) is 9.29 Å². The molecule has 0 aliphatic carbocycles. The van der Waals surface area contributed by atoms with Gasteiger partial charge in [0.1, 0.15) is 10.6 Å². The number of nitrogens with zero attached hydrogens (tertiary/aromatic N) is 2. The van der Waals surface area contributed by atoms with Gasteiger partial charge < -0.3 is 4.74 Å². The molecular formula is C17H16BrClN2O4S. The van der Waals surface area contributed by atoms with Gasteiger partial charge >= 0.3 is 5.97 Å². The van der Waals surface area contributed by atoms with E-state index in [2.05, 4.69) is 20.9 Å². The number of rotatable bonds is 4. The van der Waals surface area contributed by atoms with Crippen LogP contribution in [0.3, 0.4) is 0 Å². The largest absolute Gasteiger partial charge is 0.425 e. The van der Waals surface area contributed by atoms with Gasteiger partial charge in [0, 0.05) is 30.5 Å². The van der Waals surface area contributed by atoms with E-state index in [1.807, 2.05) is 0 Å². The molecule has 2 heterocycles. The van der Waals surface area contributed by atoms with E-state index < -0.39 is 10.0 Å². The van der Waals surface area contributed by atoms with Gasteiger partial charge in [-0.1, -0.05) is 11.6 Å². The van der Waals surface area contributed by atoms with Gasteiger partial charge in [0.05, 0.1) is 10.4 Å². The second-order valence-electron chi connectivity index (χ2n) is 5.86. The lowest BCUT2D eigenvalue weighted by molar-refractivity contribution is -0.140. The molecule has 6 nitrogen and oxygen atoms in total. The first-order chi connectivity index (χ1) is 12.4. The van der Waals surface area contributed by atoms with Crippen molar-refractivity contribution in [3.8, 4) is 5.75 Å². The Bertz CT molecular complexity index is 900. The minimum atomic E-state index is -3.58. The van der Waals surface area contributed by atoms with Crippen LogP contribution in [-0.4, -0.2) is 36.8 Å². The molecule has 3 rings (SSSR count). The van der Waals surface area contributed by atoms with E-state index in [0.717, 1.165) is 0 Å². The van der Waals surface area contributed by atoms with Crippen molar-refractivity contribution in [1.29, 1.82) is 0 Å². The van der Waals surface area contributed by atoms with Crippen molar-refractivity contribution < 1.29 is 17.9 Å². The molecule has 26 heavy (non-hydrogen) atoms. The summed E-state index contributed by atoms with van der Waals surface area (Å²) in [7, 11) is -3.58. The molecular weight excluding hydrogens is 444 g/mol. The average Bonchev–Trinajstić information content (AvgIpc) is 2.65. The van der Waals surface area contributed by atoms with Gasteiger partial charge in [0.15, 0.2) is 0 Å². The van der Waals surface area contributed by atoms with E-state index in [1.165, 1.54) is 22.8 Å². The zero-order chi connectivity index (χ0) is 18.7. The summed E-state index contributed by atoms with van der Waals surface area (Å²) in [6.07, 6.45) is 3.66. The van der Waals surface area contributed by atoms with Crippen LogP contribution in [0.1, 0.15) is 12.8 Å². The summed E-state index contributed by atoms with van der Waals surface area (Å²) < 4.78 is 32.6. The second kappa shape index (κ2) is 8.04. The van der Waals surface area contributed by atoms with Crippen molar-refractivity contribution >= 4 is 43.5 Å². The van der Waals surface area contributed by atoms with Crippen LogP contribution in [0, 0.1) is 5.92 Å². The SMILES string of the molecule is O=C(Oc1ccc(Cl)cc1Br)C1CCN(S(=O)(=O)c2cccnc2)CC1. The van der Waals surface area contributed by atoms with E-state index in [1.54, 1.807) is 24.3 Å². The first-order valence-corrected chi connectivity index (χ1v) is 10.6. The number of aromatic nitrogens is 1. The number of ether oxygens (including phenoxy) is 1. The van der Waals surface area contributed by atoms with Gasteiger partial charge in [-0.05, 0) is 59.1 Å². The number of pyridine rings is 1. The zero-order valence-electron chi connectivity index (χ0n) is 13.6. The minimum absolute atomic E-state index is 0.158. The number of halogens is 2. The Morgan fingerprint density at radius 1 is 1.27 bits per heavy atom. The Morgan fingerprint density at radius 3 is 2.62 bits per heavy atom. The monoisotopic (exact) mass is 458 g/mol. The lowest BCUT2D eigenvalue weighted by atomic mass is 9.98. The third kappa shape index (κ3) is 4.25. The summed E-state index contributed by atoms with van der Waals surface area (Å²) in [5.74, 6) is -0.325. The number of sulfonamides is 1. The van der Waals surface area contributed by atoms with Crippen molar-refractivity contribution in [2.24, 2.45) is 5.92 Å². The van der Waals surface area contributed by atoms with E-state index in [-0.39, 0.29) is 29.9 Å². The van der Waals surface area contributed by atoms with Crippen LogP contribution in [0.2, 0.25) is 5.02 Å². The first kappa shape index (κ1) is 19.3. The maximum absolute atomic E-state index is 12.6. The van der Waals surface area contributed by atoms with Gasteiger partial charge in [-0.2, -0.15) is 4.31 Å². The highest BCUT2D eigenvalue weighted by molar-refractivity contribution is 9.10. The van der Waals surface area contributed by atoms with Crippen LogP contribution in [0.15, 0.2) is 52.1 Å². The molecule has 0 radical (unpaired) electrons. The maximum Gasteiger partial charge on any atom is 0.314 e. The zero-order valence-corrected chi connectivity index (χ0v) is 16.8. The Morgan fingerprint density at radius 2 is 2.00 bits per heavy atom. The quantitative estimate of drug-likeness (QED) is 0.516. The number of carbonyl (C=O) groups excluding carboxylic acids is 1. The van der Waals surface area contributed by atoms with Crippen molar-refractivity contribution in [3.05, 3.63) is 52.2 Å². The molecule has 0 amide bonds. The molecule has 0 saturated carbocycles. The first-order valence-electron chi connectivity index (χ1n) is 7.95. The Hall–Kier alpha value is -1.48. The lowest BCUT2D eigenvalue weighted by Gasteiger charge is -2.30. The predicted molar refractivity (Wildman–Crippen MR) is 101 cm³/mol. The summed E-state index contributed by atoms with van der Waals surface area (Å²) in [6.45, 7) is 0.525. The Kier molecular flexibility index (Phi) is 5.96. The van der Waals surface area contributed by atoms with Gasteiger partial charge in [-0.3, -0.25) is 9.78 Å². The smallest absolute Gasteiger partial charge is 0.314 e. The van der Waals surface area contributed by atoms with Crippen LogP contribution >= 0.6 is 27.5 Å². The molecule has 1 aromatic heterocycles. The molecule has 0 spiro atoms. The predicted octanol–water partition coefficient (Wildman–Crippen LogP) is 3.50. The van der Waals surface area contributed by atoms with Crippen molar-refractivity contribution in [3.63, 3.8) is 0 Å². The number of benzene rings is 1. The highest BCUT2D eigenvalue weighted by atomic mass is 79.9. The standard InChI is InChI=1S/C17H16BrClN2O4S/c18-15-10-13(19)3-4-16(15)25-17(22)12-5-8-21(9-6-12)26(23,24)14-2-1-7-20-11-14/h1-4,7,10-12H,5-6,8-9H2. The summed E-state index contributed by atoms with van der Waals surface area (Å²) >= 11 is 9.18. The third-order valence-corrected chi connectivity index (χ3v) is 6.90. The number of piperidine rings is 1.